The van der Waals surface area contributed by atoms with Crippen LogP contribution in [0.5, 0.6) is 0 Å². The zero-order valence-corrected chi connectivity index (χ0v) is 10.2. The monoisotopic (exact) mass is 238 g/mol. The fraction of sp³-hybridized carbons (Fsp3) is 0.538. The number of benzene rings is 1. The van der Waals surface area contributed by atoms with Crippen molar-refractivity contribution in [3.05, 3.63) is 35.1 Å². The van der Waals surface area contributed by atoms with Gasteiger partial charge in [-0.1, -0.05) is 6.07 Å². The van der Waals surface area contributed by atoms with Crippen LogP contribution in [0.25, 0.3) is 0 Å². The van der Waals surface area contributed by atoms with Gasteiger partial charge in [-0.05, 0) is 30.2 Å². The molecule has 1 aliphatic rings. The van der Waals surface area contributed by atoms with E-state index in [1.54, 1.807) is 6.07 Å². The van der Waals surface area contributed by atoms with Gasteiger partial charge in [0.15, 0.2) is 0 Å². The molecule has 0 aliphatic carbocycles. The summed E-state index contributed by atoms with van der Waals surface area (Å²) >= 11 is 0. The fourth-order valence-corrected chi connectivity index (χ4v) is 2.17. The molecule has 2 rings (SSSR count). The number of ether oxygens (including phenoxy) is 1. The van der Waals surface area contributed by atoms with E-state index < -0.39 is 0 Å². The second-order valence-electron chi connectivity index (χ2n) is 4.51. The van der Waals surface area contributed by atoms with E-state index in [0.29, 0.717) is 13.2 Å². The minimum absolute atomic E-state index is 0.177. The average molecular weight is 238 g/mol. The number of aryl methyl sites for hydroxylation is 1. The number of nitrogens with zero attached hydrogens (tertiary/aromatic N) is 1. The number of morpholine rings is 1. The molecule has 0 spiro atoms. The van der Waals surface area contributed by atoms with Crippen LogP contribution in [0.3, 0.4) is 0 Å². The molecule has 1 heterocycles. The lowest BCUT2D eigenvalue weighted by atomic mass is 10.1. The first-order valence-electron chi connectivity index (χ1n) is 5.97. The maximum Gasteiger partial charge on any atom is 0.123 e. The maximum atomic E-state index is 13.0. The zero-order chi connectivity index (χ0) is 12.3. The molecule has 94 valence electrons. The molecule has 1 aliphatic heterocycles. The first-order chi connectivity index (χ1) is 8.20. The van der Waals surface area contributed by atoms with Gasteiger partial charge in [0.1, 0.15) is 5.82 Å². The maximum absolute atomic E-state index is 13.0. The van der Waals surface area contributed by atoms with Crippen molar-refractivity contribution in [3.8, 4) is 0 Å². The Morgan fingerprint density at radius 2 is 2.35 bits per heavy atom. The van der Waals surface area contributed by atoms with Crippen molar-refractivity contribution in [2.24, 2.45) is 5.73 Å². The van der Waals surface area contributed by atoms with Crippen LogP contribution in [-0.2, 0) is 11.3 Å². The van der Waals surface area contributed by atoms with Gasteiger partial charge in [-0.25, -0.2) is 4.39 Å². The van der Waals surface area contributed by atoms with Crippen molar-refractivity contribution in [1.82, 2.24) is 4.90 Å². The molecule has 0 aromatic heterocycles. The summed E-state index contributed by atoms with van der Waals surface area (Å²) in [6.45, 7) is 5.68. The van der Waals surface area contributed by atoms with Gasteiger partial charge >= 0.3 is 0 Å². The number of hydrogen-bond acceptors (Lipinski definition) is 3. The van der Waals surface area contributed by atoms with Crippen molar-refractivity contribution in [1.29, 1.82) is 0 Å². The Morgan fingerprint density at radius 1 is 1.53 bits per heavy atom. The molecule has 1 aromatic rings. The molecule has 0 bridgehead atoms. The van der Waals surface area contributed by atoms with Crippen LogP contribution in [0.2, 0.25) is 0 Å². The molecule has 3 nitrogen and oxygen atoms in total. The van der Waals surface area contributed by atoms with E-state index in [1.807, 2.05) is 13.0 Å². The van der Waals surface area contributed by atoms with Gasteiger partial charge in [0.05, 0.1) is 13.2 Å². The van der Waals surface area contributed by atoms with Crippen molar-refractivity contribution in [2.45, 2.75) is 19.5 Å². The van der Waals surface area contributed by atoms with Crippen molar-refractivity contribution >= 4 is 0 Å². The normalized spacial score (nSPS) is 21.7. The summed E-state index contributed by atoms with van der Waals surface area (Å²) in [5.74, 6) is -0.177. The van der Waals surface area contributed by atoms with Crippen LogP contribution in [0.4, 0.5) is 4.39 Å². The molecule has 17 heavy (non-hydrogen) atoms. The van der Waals surface area contributed by atoms with E-state index >= 15 is 0 Å². The second-order valence-corrected chi connectivity index (χ2v) is 4.51. The largest absolute Gasteiger partial charge is 0.378 e. The summed E-state index contributed by atoms with van der Waals surface area (Å²) in [5.41, 5.74) is 7.88. The summed E-state index contributed by atoms with van der Waals surface area (Å²) in [6.07, 6.45) is 0. The lowest BCUT2D eigenvalue weighted by molar-refractivity contribution is -0.00801. The van der Waals surface area contributed by atoms with Gasteiger partial charge in [0.25, 0.3) is 0 Å². The van der Waals surface area contributed by atoms with Gasteiger partial charge in [0, 0.05) is 25.7 Å². The summed E-state index contributed by atoms with van der Waals surface area (Å²) < 4.78 is 18.4. The first kappa shape index (κ1) is 12.5. The predicted molar refractivity (Wildman–Crippen MR) is 65.2 cm³/mol. The smallest absolute Gasteiger partial charge is 0.123 e. The topological polar surface area (TPSA) is 38.5 Å². The lowest BCUT2D eigenvalue weighted by Gasteiger charge is -2.35. The zero-order valence-electron chi connectivity index (χ0n) is 10.2. The van der Waals surface area contributed by atoms with Crippen LogP contribution in [0.1, 0.15) is 11.1 Å². The van der Waals surface area contributed by atoms with Gasteiger partial charge in [0.2, 0.25) is 0 Å². The van der Waals surface area contributed by atoms with Gasteiger partial charge in [-0.3, -0.25) is 4.90 Å². The number of halogens is 1. The first-order valence-corrected chi connectivity index (χ1v) is 5.97. The number of nitrogens with two attached hydrogens (primary N) is 1. The minimum atomic E-state index is -0.177. The summed E-state index contributed by atoms with van der Waals surface area (Å²) in [6, 6.07) is 5.22. The van der Waals surface area contributed by atoms with E-state index in [1.165, 1.54) is 6.07 Å². The van der Waals surface area contributed by atoms with E-state index in [-0.39, 0.29) is 11.9 Å². The molecule has 2 N–H and O–H groups in total. The predicted octanol–water partition coefficient (Wildman–Crippen LogP) is 1.29. The van der Waals surface area contributed by atoms with Crippen LogP contribution >= 0.6 is 0 Å². The molecular formula is C13H19FN2O. The quantitative estimate of drug-likeness (QED) is 0.862. The summed E-state index contributed by atoms with van der Waals surface area (Å²) in [4.78, 5) is 2.31. The third-order valence-corrected chi connectivity index (χ3v) is 3.30. The van der Waals surface area contributed by atoms with Crippen LogP contribution in [0.15, 0.2) is 18.2 Å². The standard InChI is InChI=1S/C13H19FN2O/c1-10-6-12(14)3-2-11(10)8-16-4-5-17-9-13(16)7-15/h2-3,6,13H,4-5,7-9,15H2,1H3. The van der Waals surface area contributed by atoms with Gasteiger partial charge < -0.3 is 10.5 Å². The van der Waals surface area contributed by atoms with Crippen molar-refractivity contribution in [3.63, 3.8) is 0 Å². The van der Waals surface area contributed by atoms with Gasteiger partial charge in [-0.15, -0.1) is 0 Å². The second kappa shape index (κ2) is 5.58. The molecule has 0 amide bonds. The highest BCUT2D eigenvalue weighted by Gasteiger charge is 2.21. The van der Waals surface area contributed by atoms with Gasteiger partial charge in [-0.2, -0.15) is 0 Å². The number of hydrogen-bond donors (Lipinski definition) is 1. The SMILES string of the molecule is Cc1cc(F)ccc1CN1CCOCC1CN. The van der Waals surface area contributed by atoms with E-state index in [2.05, 4.69) is 4.90 Å². The Balaban J connectivity index is 2.08. The van der Waals surface area contributed by atoms with E-state index in [4.69, 9.17) is 10.5 Å². The molecular weight excluding hydrogens is 219 g/mol. The summed E-state index contributed by atoms with van der Waals surface area (Å²) in [7, 11) is 0. The highest BCUT2D eigenvalue weighted by molar-refractivity contribution is 5.26. The van der Waals surface area contributed by atoms with Crippen LogP contribution < -0.4 is 5.73 Å². The van der Waals surface area contributed by atoms with E-state index in [0.717, 1.165) is 30.8 Å². The fourth-order valence-electron chi connectivity index (χ4n) is 2.17. The molecule has 1 fully saturated rings. The third-order valence-electron chi connectivity index (χ3n) is 3.30. The Hall–Kier alpha value is -0.970. The lowest BCUT2D eigenvalue weighted by Crippen LogP contribution is -2.48. The minimum Gasteiger partial charge on any atom is -0.378 e. The third kappa shape index (κ3) is 3.03. The van der Waals surface area contributed by atoms with Crippen LogP contribution in [-0.4, -0.2) is 37.2 Å². The molecule has 1 unspecified atom stereocenters. The molecule has 1 saturated heterocycles. The average Bonchev–Trinajstić information content (AvgIpc) is 2.33. The summed E-state index contributed by atoms with van der Waals surface area (Å²) in [5, 5.41) is 0. The molecule has 0 radical (unpaired) electrons. The Bertz CT molecular complexity index is 384. The Morgan fingerprint density at radius 3 is 3.06 bits per heavy atom. The van der Waals surface area contributed by atoms with Crippen LogP contribution in [0, 0.1) is 12.7 Å². The Kier molecular flexibility index (Phi) is 4.10. The molecule has 4 heteroatoms. The van der Waals surface area contributed by atoms with Crippen molar-refractivity contribution in [2.75, 3.05) is 26.3 Å². The highest BCUT2D eigenvalue weighted by Crippen LogP contribution is 2.16. The Labute approximate surface area is 101 Å². The number of rotatable bonds is 3. The highest BCUT2D eigenvalue weighted by atomic mass is 19.1. The molecule has 1 aromatic carbocycles. The van der Waals surface area contributed by atoms with E-state index in [9.17, 15) is 4.39 Å². The van der Waals surface area contributed by atoms with Crippen molar-refractivity contribution < 1.29 is 9.13 Å². The molecule has 1 atom stereocenters. The molecule has 0 saturated carbocycles.